The van der Waals surface area contributed by atoms with E-state index in [1.165, 1.54) is 62.3 Å². The predicted octanol–water partition coefficient (Wildman–Crippen LogP) is 6.64. The minimum Gasteiger partial charge on any atom is -0.361 e. The second kappa shape index (κ2) is 13.0. The Morgan fingerprint density at radius 3 is 2.42 bits per heavy atom. The molecule has 1 aliphatic carbocycles. The van der Waals surface area contributed by atoms with Crippen LogP contribution in [0.2, 0.25) is 5.02 Å². The van der Waals surface area contributed by atoms with Crippen molar-refractivity contribution in [1.29, 1.82) is 0 Å². The van der Waals surface area contributed by atoms with Gasteiger partial charge in [-0.15, -0.1) is 0 Å². The number of aromatic nitrogens is 4. The summed E-state index contributed by atoms with van der Waals surface area (Å²) in [6.45, 7) is 2.73. The number of nitrogens with one attached hydrogen (secondary N) is 2. The zero-order valence-electron chi connectivity index (χ0n) is 21.5. The van der Waals surface area contributed by atoms with E-state index < -0.39 is 0 Å². The minimum absolute atomic E-state index is 0.00923. The van der Waals surface area contributed by atoms with Crippen molar-refractivity contribution in [2.45, 2.75) is 73.4 Å². The number of hydrogen-bond donors (Lipinski definition) is 2. The molecule has 10 heteroatoms. The first kappa shape index (κ1) is 27.1. The first-order chi connectivity index (χ1) is 18.6. The summed E-state index contributed by atoms with van der Waals surface area (Å²) in [4.78, 5) is 20.7. The quantitative estimate of drug-likeness (QED) is 0.185. The fourth-order valence-corrected chi connectivity index (χ4v) is 6.49. The average Bonchev–Trinajstić information content (AvgIpc) is 3.23. The molecule has 38 heavy (non-hydrogen) atoms. The van der Waals surface area contributed by atoms with Gasteiger partial charge < -0.3 is 15.5 Å². The number of thiocarbonyl (C=S) groups is 1. The third kappa shape index (κ3) is 7.12. The van der Waals surface area contributed by atoms with Gasteiger partial charge in [0.1, 0.15) is 10.8 Å². The molecule has 3 aromatic rings. The summed E-state index contributed by atoms with van der Waals surface area (Å²) in [7, 11) is 0. The molecule has 7 nitrogen and oxygen atoms in total. The van der Waals surface area contributed by atoms with Gasteiger partial charge in [-0.3, -0.25) is 0 Å². The van der Waals surface area contributed by atoms with E-state index in [4.69, 9.17) is 33.8 Å². The predicted molar refractivity (Wildman–Crippen MR) is 159 cm³/mol. The van der Waals surface area contributed by atoms with E-state index in [-0.39, 0.29) is 5.41 Å². The molecule has 200 valence electrons. The van der Waals surface area contributed by atoms with Gasteiger partial charge in [0.15, 0.2) is 10.3 Å². The molecule has 0 amide bonds. The molecular weight excluding hydrogens is 534 g/mol. The van der Waals surface area contributed by atoms with E-state index in [1.807, 2.05) is 24.3 Å². The van der Waals surface area contributed by atoms with Crippen LogP contribution in [0.15, 0.2) is 59.0 Å². The monoisotopic (exact) mass is 567 g/mol. The van der Waals surface area contributed by atoms with Crippen molar-refractivity contribution in [1.82, 2.24) is 25.3 Å². The Bertz CT molecular complexity index is 1210. The van der Waals surface area contributed by atoms with Gasteiger partial charge in [0.25, 0.3) is 0 Å². The number of rotatable bonds is 7. The van der Waals surface area contributed by atoms with E-state index in [9.17, 15) is 0 Å². The Morgan fingerprint density at radius 2 is 1.68 bits per heavy atom. The SMILES string of the molecule is S=C(NCC1(c2cccc(Cl)c2)CCCCC1)Nc1nc(Sc2ncccn2)cc(N2CCCCCC2)n1. The highest BCUT2D eigenvalue weighted by Crippen LogP contribution is 2.39. The lowest BCUT2D eigenvalue weighted by atomic mass is 9.69. The molecule has 0 atom stereocenters. The molecule has 1 saturated heterocycles. The fraction of sp³-hybridized carbons (Fsp3) is 0.464. The summed E-state index contributed by atoms with van der Waals surface area (Å²) >= 11 is 13.5. The third-order valence-corrected chi connectivity index (χ3v) is 8.71. The molecule has 1 aliphatic heterocycles. The Labute approximate surface area is 239 Å². The summed E-state index contributed by atoms with van der Waals surface area (Å²) in [6, 6.07) is 12.1. The molecule has 2 aromatic heterocycles. The zero-order chi connectivity index (χ0) is 26.2. The lowest BCUT2D eigenvalue weighted by Crippen LogP contribution is -2.43. The van der Waals surface area contributed by atoms with Crippen molar-refractivity contribution in [3.8, 4) is 0 Å². The molecular formula is C28H34ClN7S2. The summed E-state index contributed by atoms with van der Waals surface area (Å²) in [5, 5.41) is 9.51. The van der Waals surface area contributed by atoms with Crippen LogP contribution in [0.5, 0.6) is 0 Å². The van der Waals surface area contributed by atoms with Crippen LogP contribution < -0.4 is 15.5 Å². The van der Waals surface area contributed by atoms with E-state index >= 15 is 0 Å². The fourth-order valence-electron chi connectivity index (χ4n) is 5.42. The summed E-state index contributed by atoms with van der Waals surface area (Å²) in [5.41, 5.74) is 1.29. The summed E-state index contributed by atoms with van der Waals surface area (Å²) < 4.78 is 0. The topological polar surface area (TPSA) is 78.9 Å². The number of anilines is 2. The van der Waals surface area contributed by atoms with Gasteiger partial charge in [-0.1, -0.05) is 55.8 Å². The summed E-state index contributed by atoms with van der Waals surface area (Å²) in [6.07, 6.45) is 14.2. The molecule has 0 bridgehead atoms. The van der Waals surface area contributed by atoms with Crippen LogP contribution in [0.1, 0.15) is 63.4 Å². The van der Waals surface area contributed by atoms with E-state index in [2.05, 4.69) is 37.6 Å². The maximum absolute atomic E-state index is 6.37. The van der Waals surface area contributed by atoms with Crippen LogP contribution in [0.3, 0.4) is 0 Å². The first-order valence-corrected chi connectivity index (χ1v) is 15.1. The lowest BCUT2D eigenvalue weighted by molar-refractivity contribution is 0.292. The number of nitrogens with zero attached hydrogens (tertiary/aromatic N) is 5. The van der Waals surface area contributed by atoms with Crippen molar-refractivity contribution in [3.63, 3.8) is 0 Å². The van der Waals surface area contributed by atoms with Crippen molar-refractivity contribution < 1.29 is 0 Å². The summed E-state index contributed by atoms with van der Waals surface area (Å²) in [5.74, 6) is 1.40. The molecule has 0 radical (unpaired) electrons. The molecule has 1 saturated carbocycles. The van der Waals surface area contributed by atoms with Crippen molar-refractivity contribution in [2.75, 3.05) is 29.9 Å². The van der Waals surface area contributed by atoms with Crippen molar-refractivity contribution in [2.24, 2.45) is 0 Å². The van der Waals surface area contributed by atoms with Crippen molar-refractivity contribution >= 4 is 52.5 Å². The van der Waals surface area contributed by atoms with E-state index in [0.29, 0.717) is 16.2 Å². The molecule has 0 spiro atoms. The second-order valence-electron chi connectivity index (χ2n) is 10.1. The van der Waals surface area contributed by atoms with E-state index in [0.717, 1.165) is 48.3 Å². The number of halogens is 1. The van der Waals surface area contributed by atoms with E-state index in [1.54, 1.807) is 12.4 Å². The number of benzene rings is 1. The first-order valence-electron chi connectivity index (χ1n) is 13.5. The minimum atomic E-state index is 0.00923. The van der Waals surface area contributed by atoms with Crippen LogP contribution in [0.25, 0.3) is 0 Å². The van der Waals surface area contributed by atoms with Gasteiger partial charge in [-0.2, -0.15) is 4.98 Å². The van der Waals surface area contributed by atoms with Gasteiger partial charge in [0.2, 0.25) is 5.95 Å². The smallest absolute Gasteiger partial charge is 0.232 e. The Morgan fingerprint density at radius 1 is 0.947 bits per heavy atom. The highest BCUT2D eigenvalue weighted by atomic mass is 35.5. The molecule has 3 heterocycles. The Kier molecular flexibility index (Phi) is 9.30. The van der Waals surface area contributed by atoms with Crippen LogP contribution in [-0.2, 0) is 5.41 Å². The maximum atomic E-state index is 6.37. The van der Waals surface area contributed by atoms with Gasteiger partial charge in [-0.25, -0.2) is 15.0 Å². The molecule has 2 N–H and O–H groups in total. The Balaban J connectivity index is 1.33. The van der Waals surface area contributed by atoms with Crippen LogP contribution in [0, 0.1) is 0 Å². The van der Waals surface area contributed by atoms with Crippen LogP contribution in [0.4, 0.5) is 11.8 Å². The van der Waals surface area contributed by atoms with Crippen molar-refractivity contribution in [3.05, 3.63) is 59.4 Å². The van der Waals surface area contributed by atoms with Gasteiger partial charge in [-0.05, 0) is 73.4 Å². The highest BCUT2D eigenvalue weighted by Gasteiger charge is 2.34. The molecule has 2 aliphatic rings. The Hall–Kier alpha value is -2.49. The zero-order valence-corrected chi connectivity index (χ0v) is 23.9. The van der Waals surface area contributed by atoms with Gasteiger partial charge >= 0.3 is 0 Å². The van der Waals surface area contributed by atoms with Crippen LogP contribution in [-0.4, -0.2) is 44.7 Å². The molecule has 5 rings (SSSR count). The molecule has 0 unspecified atom stereocenters. The van der Waals surface area contributed by atoms with Gasteiger partial charge in [0.05, 0.1) is 0 Å². The molecule has 1 aromatic carbocycles. The van der Waals surface area contributed by atoms with Gasteiger partial charge in [0, 0.05) is 48.5 Å². The standard InChI is InChI=1S/C28H34ClN7S2/c29-22-11-8-10-21(18-22)28(12-4-3-5-13-28)20-32-26(37)35-25-33-23(36-16-6-1-2-7-17-36)19-24(34-25)38-27-30-14-9-15-31-27/h8-11,14-15,18-19H,1-7,12-13,16-17,20H2,(H2,32,33,34,35,37). The lowest BCUT2D eigenvalue weighted by Gasteiger charge is -2.38. The van der Waals surface area contributed by atoms with Crippen LogP contribution >= 0.6 is 35.6 Å². The second-order valence-corrected chi connectivity index (χ2v) is 11.9. The number of hydrogen-bond acceptors (Lipinski definition) is 7. The third-order valence-electron chi connectivity index (χ3n) is 7.42. The maximum Gasteiger partial charge on any atom is 0.232 e. The normalized spacial score (nSPS) is 17.4. The average molecular weight is 568 g/mol. The highest BCUT2D eigenvalue weighted by molar-refractivity contribution is 7.99. The molecule has 2 fully saturated rings. The largest absolute Gasteiger partial charge is 0.361 e.